The van der Waals surface area contributed by atoms with Crippen molar-refractivity contribution in [3.8, 4) is 0 Å². The molecule has 1 aromatic carbocycles. The first-order chi connectivity index (χ1) is 11.2. The van der Waals surface area contributed by atoms with Gasteiger partial charge in [-0.05, 0) is 37.5 Å². The highest BCUT2D eigenvalue weighted by Crippen LogP contribution is 2.27. The van der Waals surface area contributed by atoms with Crippen LogP contribution in [0, 0.1) is 5.92 Å². The Labute approximate surface area is 149 Å². The van der Waals surface area contributed by atoms with Crippen molar-refractivity contribution in [3.05, 3.63) is 28.8 Å². The monoisotopic (exact) mass is 372 g/mol. The van der Waals surface area contributed by atoms with Gasteiger partial charge in [-0.15, -0.1) is 0 Å². The summed E-state index contributed by atoms with van der Waals surface area (Å²) in [6.07, 6.45) is 8.38. The van der Waals surface area contributed by atoms with E-state index in [4.69, 9.17) is 11.6 Å². The molecule has 5 nitrogen and oxygen atoms in total. The molecule has 7 heteroatoms. The molecule has 1 amide bonds. The van der Waals surface area contributed by atoms with Gasteiger partial charge in [0.05, 0.1) is 17.0 Å². The number of carbonyl (C=O) groups excluding carboxylic acids is 1. The lowest BCUT2D eigenvalue weighted by Gasteiger charge is -2.25. The number of carbonyl (C=O) groups is 1. The van der Waals surface area contributed by atoms with E-state index in [2.05, 4.69) is 10.0 Å². The molecular weight excluding hydrogens is 348 g/mol. The lowest BCUT2D eigenvalue weighted by Crippen LogP contribution is -2.34. The van der Waals surface area contributed by atoms with Gasteiger partial charge in [0.15, 0.2) is 0 Å². The molecule has 2 rings (SSSR count). The smallest absolute Gasteiger partial charge is 0.251 e. The molecular formula is C17H25ClN2O3S. The van der Waals surface area contributed by atoms with E-state index in [1.54, 1.807) is 6.07 Å². The summed E-state index contributed by atoms with van der Waals surface area (Å²) in [4.78, 5) is 12.4. The third-order valence-corrected chi connectivity index (χ3v) is 5.23. The molecule has 2 N–H and O–H groups in total. The fourth-order valence-electron chi connectivity index (χ4n) is 3.23. The number of anilines is 1. The highest BCUT2D eigenvalue weighted by Gasteiger charge is 2.19. The molecule has 134 valence electrons. The van der Waals surface area contributed by atoms with Crippen LogP contribution in [0.4, 0.5) is 5.69 Å². The topological polar surface area (TPSA) is 75.3 Å². The van der Waals surface area contributed by atoms with Crippen LogP contribution in [0.5, 0.6) is 0 Å². The third-order valence-electron chi connectivity index (χ3n) is 4.31. The highest BCUT2D eigenvalue weighted by atomic mass is 35.5. The molecule has 0 unspecified atom stereocenters. The van der Waals surface area contributed by atoms with Crippen LogP contribution in [-0.4, -0.2) is 26.6 Å². The molecule has 1 aromatic rings. The van der Waals surface area contributed by atoms with Gasteiger partial charge in [0.2, 0.25) is 10.0 Å². The molecule has 0 heterocycles. The Bertz CT molecular complexity index is 685. The summed E-state index contributed by atoms with van der Waals surface area (Å²) < 4.78 is 25.0. The Kier molecular flexibility index (Phi) is 6.52. The van der Waals surface area contributed by atoms with Crippen molar-refractivity contribution >= 4 is 33.2 Å². The van der Waals surface area contributed by atoms with E-state index >= 15 is 0 Å². The zero-order valence-electron chi connectivity index (χ0n) is 14.1. The van der Waals surface area contributed by atoms with Crippen molar-refractivity contribution in [2.75, 3.05) is 11.0 Å². The second-order valence-electron chi connectivity index (χ2n) is 6.68. The summed E-state index contributed by atoms with van der Waals surface area (Å²) >= 11 is 5.98. The van der Waals surface area contributed by atoms with Crippen LogP contribution in [0.25, 0.3) is 0 Å². The predicted octanol–water partition coefficient (Wildman–Crippen LogP) is 3.80. The van der Waals surface area contributed by atoms with E-state index in [0.717, 1.165) is 12.7 Å². The van der Waals surface area contributed by atoms with Crippen molar-refractivity contribution in [3.63, 3.8) is 0 Å². The standard InChI is InChI=1S/C17H25ClN2O3S/c1-12(10-13-6-4-3-5-7-13)19-17(21)14-8-9-15(18)16(11-14)20-24(2,22)23/h8-9,11-13,20H,3-7,10H2,1-2H3,(H,19,21)/t12-/m1/s1. The van der Waals surface area contributed by atoms with Crippen molar-refractivity contribution in [2.24, 2.45) is 5.92 Å². The van der Waals surface area contributed by atoms with Gasteiger partial charge < -0.3 is 5.32 Å². The van der Waals surface area contributed by atoms with Gasteiger partial charge in [-0.2, -0.15) is 0 Å². The number of sulfonamides is 1. The first-order valence-electron chi connectivity index (χ1n) is 8.33. The second kappa shape index (κ2) is 8.21. The molecule has 1 fully saturated rings. The lowest BCUT2D eigenvalue weighted by molar-refractivity contribution is 0.0933. The summed E-state index contributed by atoms with van der Waals surface area (Å²) in [6, 6.07) is 4.67. The average Bonchev–Trinajstić information content (AvgIpc) is 2.49. The van der Waals surface area contributed by atoms with Crippen LogP contribution in [0.1, 0.15) is 55.8 Å². The van der Waals surface area contributed by atoms with Gasteiger partial charge in [-0.3, -0.25) is 9.52 Å². The Balaban J connectivity index is 1.99. The largest absolute Gasteiger partial charge is 0.350 e. The number of hydrogen-bond donors (Lipinski definition) is 2. The lowest BCUT2D eigenvalue weighted by atomic mass is 9.85. The Morgan fingerprint density at radius 3 is 2.58 bits per heavy atom. The molecule has 0 saturated heterocycles. The van der Waals surface area contributed by atoms with Gasteiger partial charge in [0, 0.05) is 11.6 Å². The Morgan fingerprint density at radius 2 is 1.96 bits per heavy atom. The number of benzene rings is 1. The maximum absolute atomic E-state index is 12.4. The van der Waals surface area contributed by atoms with E-state index in [-0.39, 0.29) is 22.7 Å². The van der Waals surface area contributed by atoms with Gasteiger partial charge >= 0.3 is 0 Å². The first kappa shape index (κ1) is 19.1. The average molecular weight is 373 g/mol. The number of amides is 1. The van der Waals surface area contributed by atoms with E-state index in [1.165, 1.54) is 44.2 Å². The molecule has 1 saturated carbocycles. The second-order valence-corrected chi connectivity index (χ2v) is 8.84. The normalized spacial score (nSPS) is 17.3. The van der Waals surface area contributed by atoms with Crippen molar-refractivity contribution in [2.45, 2.75) is 51.5 Å². The minimum atomic E-state index is -3.45. The number of hydrogen-bond acceptors (Lipinski definition) is 3. The van der Waals surface area contributed by atoms with Crippen molar-refractivity contribution in [1.82, 2.24) is 5.32 Å². The fraction of sp³-hybridized carbons (Fsp3) is 0.588. The zero-order chi connectivity index (χ0) is 17.7. The number of nitrogens with one attached hydrogen (secondary N) is 2. The molecule has 0 aliphatic heterocycles. The number of halogens is 1. The minimum absolute atomic E-state index is 0.0857. The number of rotatable bonds is 6. The molecule has 1 aliphatic rings. The summed E-state index contributed by atoms with van der Waals surface area (Å²) in [6.45, 7) is 2.01. The zero-order valence-corrected chi connectivity index (χ0v) is 15.7. The molecule has 0 spiro atoms. The molecule has 0 bridgehead atoms. The SMILES string of the molecule is C[C@H](CC1CCCCC1)NC(=O)c1ccc(Cl)c(NS(C)(=O)=O)c1. The van der Waals surface area contributed by atoms with Crippen molar-refractivity contribution in [1.29, 1.82) is 0 Å². The molecule has 0 aromatic heterocycles. The maximum Gasteiger partial charge on any atom is 0.251 e. The molecule has 24 heavy (non-hydrogen) atoms. The summed E-state index contributed by atoms with van der Waals surface area (Å²) in [5, 5.41) is 3.25. The highest BCUT2D eigenvalue weighted by molar-refractivity contribution is 7.92. The minimum Gasteiger partial charge on any atom is -0.350 e. The van der Waals surface area contributed by atoms with Crippen LogP contribution in [0.15, 0.2) is 18.2 Å². The van der Waals surface area contributed by atoms with E-state index in [0.29, 0.717) is 11.5 Å². The Hall–Kier alpha value is -1.27. The fourth-order valence-corrected chi connectivity index (χ4v) is 4.02. The Morgan fingerprint density at radius 1 is 1.29 bits per heavy atom. The van der Waals surface area contributed by atoms with Crippen LogP contribution in [0.3, 0.4) is 0 Å². The quantitative estimate of drug-likeness (QED) is 0.797. The van der Waals surface area contributed by atoms with Crippen molar-refractivity contribution < 1.29 is 13.2 Å². The predicted molar refractivity (Wildman–Crippen MR) is 98.0 cm³/mol. The van der Waals surface area contributed by atoms with Crippen LogP contribution in [0.2, 0.25) is 5.02 Å². The summed E-state index contributed by atoms with van der Waals surface area (Å²) in [7, 11) is -3.45. The van der Waals surface area contributed by atoms with Gasteiger partial charge in [-0.25, -0.2) is 8.42 Å². The van der Waals surface area contributed by atoms with E-state index < -0.39 is 10.0 Å². The maximum atomic E-state index is 12.4. The van der Waals surface area contributed by atoms with E-state index in [9.17, 15) is 13.2 Å². The third kappa shape index (κ3) is 5.98. The van der Waals surface area contributed by atoms with Gasteiger partial charge in [-0.1, -0.05) is 43.7 Å². The molecule has 1 atom stereocenters. The summed E-state index contributed by atoms with van der Waals surface area (Å²) in [5.41, 5.74) is 0.604. The van der Waals surface area contributed by atoms with Gasteiger partial charge in [0.1, 0.15) is 0 Å². The van der Waals surface area contributed by atoms with Crippen LogP contribution in [-0.2, 0) is 10.0 Å². The van der Waals surface area contributed by atoms with Crippen LogP contribution >= 0.6 is 11.6 Å². The first-order valence-corrected chi connectivity index (χ1v) is 10.6. The summed E-state index contributed by atoms with van der Waals surface area (Å²) in [5.74, 6) is 0.466. The molecule has 1 aliphatic carbocycles. The molecule has 0 radical (unpaired) electrons. The van der Waals surface area contributed by atoms with E-state index in [1.807, 2.05) is 6.92 Å². The van der Waals surface area contributed by atoms with Crippen LogP contribution < -0.4 is 10.0 Å². The van der Waals surface area contributed by atoms with Gasteiger partial charge in [0.25, 0.3) is 5.91 Å².